The van der Waals surface area contributed by atoms with E-state index in [1.807, 2.05) is 13.0 Å². The van der Waals surface area contributed by atoms with Crippen molar-refractivity contribution in [3.05, 3.63) is 48.0 Å². The maximum absolute atomic E-state index is 12.6. The van der Waals surface area contributed by atoms with Crippen LogP contribution in [0.5, 0.6) is 11.5 Å². The number of methoxy groups -OCH3 is 1. The summed E-state index contributed by atoms with van der Waals surface area (Å²) in [4.78, 5) is 12.6. The maximum Gasteiger partial charge on any atom is 0.267 e. The molecular weight excluding hydrogens is 356 g/mol. The summed E-state index contributed by atoms with van der Waals surface area (Å²) in [5, 5.41) is 2.74. The quantitative estimate of drug-likeness (QED) is 0.884. The molecule has 0 unspecified atom stereocenters. The van der Waals surface area contributed by atoms with Crippen LogP contribution in [0.3, 0.4) is 0 Å². The fourth-order valence-corrected chi connectivity index (χ4v) is 3.64. The van der Waals surface area contributed by atoms with Gasteiger partial charge in [0, 0.05) is 11.8 Å². The summed E-state index contributed by atoms with van der Waals surface area (Å²) in [6.07, 6.45) is 0.146. The Morgan fingerprint density at radius 2 is 2.04 bits per heavy atom. The Morgan fingerprint density at radius 3 is 2.73 bits per heavy atom. The minimum absolute atomic E-state index is 0.0922. The molecule has 0 aliphatic carbocycles. The summed E-state index contributed by atoms with van der Waals surface area (Å²) in [7, 11) is -2.02. The van der Waals surface area contributed by atoms with Crippen LogP contribution in [0.2, 0.25) is 0 Å². The lowest BCUT2D eigenvalue weighted by Gasteiger charge is -2.34. The van der Waals surface area contributed by atoms with Crippen molar-refractivity contribution in [2.45, 2.75) is 13.0 Å². The number of hydrogen-bond donors (Lipinski definition) is 1. The number of aryl methyl sites for hydroxylation is 1. The third kappa shape index (κ3) is 3.75. The highest BCUT2D eigenvalue weighted by Gasteiger charge is 2.35. The number of fused-ring (bicyclic) bond motifs is 1. The van der Waals surface area contributed by atoms with Crippen LogP contribution >= 0.6 is 0 Å². The number of hydrogen-bond acceptors (Lipinski definition) is 5. The monoisotopic (exact) mass is 376 g/mol. The van der Waals surface area contributed by atoms with E-state index in [0.717, 1.165) is 11.8 Å². The van der Waals surface area contributed by atoms with E-state index in [1.165, 1.54) is 11.4 Å². The van der Waals surface area contributed by atoms with Crippen molar-refractivity contribution in [3.63, 3.8) is 0 Å². The smallest absolute Gasteiger partial charge is 0.267 e. The molecule has 2 aromatic carbocycles. The van der Waals surface area contributed by atoms with Crippen LogP contribution in [-0.2, 0) is 14.8 Å². The first kappa shape index (κ1) is 18.1. The molecule has 0 saturated carbocycles. The Hall–Kier alpha value is -2.74. The highest BCUT2D eigenvalue weighted by atomic mass is 32.2. The summed E-state index contributed by atoms with van der Waals surface area (Å²) in [5.41, 5.74) is 1.89. The molecule has 8 heteroatoms. The van der Waals surface area contributed by atoms with Crippen LogP contribution in [0.15, 0.2) is 42.5 Å². The van der Waals surface area contributed by atoms with Crippen molar-refractivity contribution in [3.8, 4) is 11.5 Å². The first-order valence-corrected chi connectivity index (χ1v) is 9.82. The van der Waals surface area contributed by atoms with E-state index >= 15 is 0 Å². The normalized spacial score (nSPS) is 16.4. The first-order chi connectivity index (χ1) is 12.3. The van der Waals surface area contributed by atoms with Crippen LogP contribution in [0.1, 0.15) is 5.56 Å². The van der Waals surface area contributed by atoms with Crippen LogP contribution < -0.4 is 19.1 Å². The van der Waals surface area contributed by atoms with E-state index in [4.69, 9.17) is 9.47 Å². The number of ether oxygens (including phenoxy) is 2. The van der Waals surface area contributed by atoms with E-state index in [2.05, 4.69) is 5.32 Å². The SMILES string of the molecule is COc1cccc(NC(=O)[C@H]2CN(S(C)(=O)=O)c3cc(C)ccc3O2)c1. The molecule has 0 spiro atoms. The van der Waals surface area contributed by atoms with Crippen LogP contribution in [0, 0.1) is 6.92 Å². The Morgan fingerprint density at radius 1 is 1.27 bits per heavy atom. The van der Waals surface area contributed by atoms with Gasteiger partial charge in [0.15, 0.2) is 6.10 Å². The second-order valence-corrected chi connectivity index (χ2v) is 8.00. The van der Waals surface area contributed by atoms with Gasteiger partial charge in [0.2, 0.25) is 10.0 Å². The van der Waals surface area contributed by atoms with E-state index in [9.17, 15) is 13.2 Å². The van der Waals surface area contributed by atoms with Gasteiger partial charge in [0.05, 0.1) is 25.6 Å². The molecule has 0 radical (unpaired) electrons. The summed E-state index contributed by atoms with van der Waals surface area (Å²) in [6.45, 7) is 1.77. The van der Waals surface area contributed by atoms with E-state index < -0.39 is 22.0 Å². The molecule has 0 fully saturated rings. The zero-order valence-corrected chi connectivity index (χ0v) is 15.5. The topological polar surface area (TPSA) is 84.9 Å². The minimum Gasteiger partial charge on any atom is -0.497 e. The molecule has 1 amide bonds. The number of nitrogens with one attached hydrogen (secondary N) is 1. The number of amides is 1. The molecule has 1 aliphatic rings. The molecular formula is C18H20N2O5S. The van der Waals surface area contributed by atoms with Gasteiger partial charge in [-0.3, -0.25) is 9.10 Å². The Kier molecular flexibility index (Phi) is 4.78. The van der Waals surface area contributed by atoms with Gasteiger partial charge >= 0.3 is 0 Å². The predicted octanol–water partition coefficient (Wildman–Crippen LogP) is 2.17. The number of anilines is 2. The molecule has 1 atom stereocenters. The summed E-state index contributed by atoms with van der Waals surface area (Å²) in [5.74, 6) is 0.530. The average molecular weight is 376 g/mol. The second kappa shape index (κ2) is 6.87. The lowest BCUT2D eigenvalue weighted by molar-refractivity contribution is -0.122. The van der Waals surface area contributed by atoms with Crippen LogP contribution in [0.4, 0.5) is 11.4 Å². The van der Waals surface area contributed by atoms with E-state index in [1.54, 1.807) is 36.4 Å². The number of sulfonamides is 1. The van der Waals surface area contributed by atoms with Crippen molar-refractivity contribution in [1.82, 2.24) is 0 Å². The largest absolute Gasteiger partial charge is 0.497 e. The summed E-state index contributed by atoms with van der Waals surface area (Å²) >= 11 is 0. The Balaban J connectivity index is 1.87. The van der Waals surface area contributed by atoms with E-state index in [0.29, 0.717) is 22.9 Å². The maximum atomic E-state index is 12.6. The Bertz CT molecular complexity index is 942. The zero-order chi connectivity index (χ0) is 18.9. The fraction of sp³-hybridized carbons (Fsp3) is 0.278. The number of benzene rings is 2. The molecule has 0 saturated heterocycles. The molecule has 7 nitrogen and oxygen atoms in total. The minimum atomic E-state index is -3.55. The standard InChI is InChI=1S/C18H20N2O5S/c1-12-7-8-16-15(9-12)20(26(3,22)23)11-17(25-16)18(21)19-13-5-4-6-14(10-13)24-2/h4-10,17H,11H2,1-3H3,(H,19,21)/t17-/m1/s1. The highest BCUT2D eigenvalue weighted by Crippen LogP contribution is 2.36. The molecule has 26 heavy (non-hydrogen) atoms. The van der Waals surface area contributed by atoms with Gasteiger partial charge in [-0.1, -0.05) is 12.1 Å². The van der Waals surface area contributed by atoms with Crippen molar-refractivity contribution < 1.29 is 22.7 Å². The number of carbonyl (C=O) groups excluding carboxylic acids is 1. The molecule has 138 valence electrons. The van der Waals surface area contributed by atoms with Gasteiger partial charge in [-0.25, -0.2) is 8.42 Å². The molecule has 1 heterocycles. The zero-order valence-electron chi connectivity index (χ0n) is 14.7. The lowest BCUT2D eigenvalue weighted by atomic mass is 10.1. The van der Waals surface area contributed by atoms with Gasteiger partial charge in [0.25, 0.3) is 5.91 Å². The molecule has 3 rings (SSSR count). The van der Waals surface area contributed by atoms with Gasteiger partial charge in [-0.2, -0.15) is 0 Å². The first-order valence-electron chi connectivity index (χ1n) is 7.98. The number of carbonyl (C=O) groups is 1. The second-order valence-electron chi connectivity index (χ2n) is 6.09. The number of nitrogens with zero attached hydrogens (tertiary/aromatic N) is 1. The predicted molar refractivity (Wildman–Crippen MR) is 99.4 cm³/mol. The van der Waals surface area contributed by atoms with Crippen molar-refractivity contribution >= 4 is 27.3 Å². The molecule has 0 aromatic heterocycles. The lowest BCUT2D eigenvalue weighted by Crippen LogP contribution is -2.48. The Labute approximate surface area is 152 Å². The molecule has 1 N–H and O–H groups in total. The fourth-order valence-electron chi connectivity index (χ4n) is 2.74. The van der Waals surface area contributed by atoms with E-state index in [-0.39, 0.29) is 6.54 Å². The van der Waals surface area contributed by atoms with Crippen molar-refractivity contribution in [2.24, 2.45) is 0 Å². The van der Waals surface area contributed by atoms with Crippen molar-refractivity contribution in [1.29, 1.82) is 0 Å². The summed E-state index contributed by atoms with van der Waals surface area (Å²) in [6, 6.07) is 12.1. The molecule has 0 bridgehead atoms. The van der Waals surface area contributed by atoms with Crippen LogP contribution in [-0.4, -0.2) is 40.3 Å². The molecule has 1 aliphatic heterocycles. The van der Waals surface area contributed by atoms with Gasteiger partial charge < -0.3 is 14.8 Å². The van der Waals surface area contributed by atoms with Crippen LogP contribution in [0.25, 0.3) is 0 Å². The average Bonchev–Trinajstić information content (AvgIpc) is 2.60. The number of rotatable bonds is 4. The summed E-state index contributed by atoms with van der Waals surface area (Å²) < 4.78 is 36.5. The third-order valence-electron chi connectivity index (χ3n) is 4.01. The molecule has 2 aromatic rings. The van der Waals surface area contributed by atoms with Gasteiger partial charge in [-0.15, -0.1) is 0 Å². The highest BCUT2D eigenvalue weighted by molar-refractivity contribution is 7.92. The van der Waals surface area contributed by atoms with Gasteiger partial charge in [-0.05, 0) is 36.8 Å². The van der Waals surface area contributed by atoms with Gasteiger partial charge in [0.1, 0.15) is 11.5 Å². The third-order valence-corrected chi connectivity index (χ3v) is 5.16. The van der Waals surface area contributed by atoms with Crippen molar-refractivity contribution in [2.75, 3.05) is 29.5 Å².